The van der Waals surface area contributed by atoms with Crippen LogP contribution >= 0.6 is 0 Å². The Hall–Kier alpha value is -1.71. The summed E-state index contributed by atoms with van der Waals surface area (Å²) >= 11 is 0. The van der Waals surface area contributed by atoms with Crippen LogP contribution in [0, 0.1) is 6.92 Å². The van der Waals surface area contributed by atoms with Crippen molar-refractivity contribution in [3.63, 3.8) is 0 Å². The second-order valence-corrected chi connectivity index (χ2v) is 3.20. The minimum absolute atomic E-state index is 0.179. The molecule has 0 aliphatic heterocycles. The van der Waals surface area contributed by atoms with E-state index >= 15 is 0 Å². The molecule has 1 heterocycles. The van der Waals surface area contributed by atoms with Crippen LogP contribution in [0.3, 0.4) is 0 Å². The normalized spacial score (nSPS) is 9.93. The summed E-state index contributed by atoms with van der Waals surface area (Å²) in [5.41, 5.74) is 0.243. The molecule has 0 aromatic carbocycles. The molecule has 0 aliphatic rings. The molecule has 82 valence electrons. The molecule has 0 atom stereocenters. The molecule has 0 aliphatic carbocycles. The van der Waals surface area contributed by atoms with Gasteiger partial charge < -0.3 is 14.4 Å². The van der Waals surface area contributed by atoms with Gasteiger partial charge in [0.25, 0.3) is 0 Å². The van der Waals surface area contributed by atoms with Crippen LogP contribution in [-0.4, -0.2) is 16.3 Å². The summed E-state index contributed by atoms with van der Waals surface area (Å²) in [4.78, 5) is 11.1. The van der Waals surface area contributed by atoms with E-state index in [2.05, 4.69) is 6.58 Å². The first kappa shape index (κ1) is 11.4. The Balaban J connectivity index is 2.66. The second-order valence-electron chi connectivity index (χ2n) is 3.20. The summed E-state index contributed by atoms with van der Waals surface area (Å²) in [6.07, 6.45) is 3.87. The maximum absolute atomic E-state index is 11.1. The number of nitrogens with zero attached hydrogens (tertiary/aromatic N) is 1. The van der Waals surface area contributed by atoms with Gasteiger partial charge in [-0.15, -0.1) is 0 Å². The van der Waals surface area contributed by atoms with E-state index in [1.54, 1.807) is 13.1 Å². The van der Waals surface area contributed by atoms with Crippen molar-refractivity contribution in [2.24, 2.45) is 0 Å². The molecule has 0 radical (unpaired) electrons. The average molecular weight is 209 g/mol. The standard InChI is InChI=1S/C11H15NO3/c1-3-15-8-4-6-12-7-5-10(13)11(14)9(12)2/h3,5,7,14H,1,4,6,8H2,2H3. The van der Waals surface area contributed by atoms with E-state index < -0.39 is 0 Å². The van der Waals surface area contributed by atoms with Crippen LogP contribution in [0.1, 0.15) is 12.1 Å². The molecule has 0 bridgehead atoms. The molecule has 4 heteroatoms. The Morgan fingerprint density at radius 1 is 1.67 bits per heavy atom. The van der Waals surface area contributed by atoms with E-state index in [1.165, 1.54) is 12.3 Å². The first-order valence-electron chi connectivity index (χ1n) is 4.78. The van der Waals surface area contributed by atoms with Gasteiger partial charge in [-0.05, 0) is 13.3 Å². The maximum atomic E-state index is 11.1. The third kappa shape index (κ3) is 2.87. The molecule has 1 aromatic rings. The zero-order valence-corrected chi connectivity index (χ0v) is 8.77. The molecule has 0 amide bonds. The molecule has 0 spiro atoms. The fraction of sp³-hybridized carbons (Fsp3) is 0.364. The maximum Gasteiger partial charge on any atom is 0.223 e. The van der Waals surface area contributed by atoms with Gasteiger partial charge in [-0.1, -0.05) is 6.58 Å². The van der Waals surface area contributed by atoms with Crippen molar-refractivity contribution in [3.8, 4) is 5.75 Å². The fourth-order valence-electron chi connectivity index (χ4n) is 1.31. The highest BCUT2D eigenvalue weighted by Crippen LogP contribution is 2.09. The summed E-state index contributed by atoms with van der Waals surface area (Å²) in [6.45, 7) is 6.43. The number of ether oxygens (including phenoxy) is 1. The summed E-state index contributed by atoms with van der Waals surface area (Å²) in [5, 5.41) is 9.41. The molecule has 4 nitrogen and oxygen atoms in total. The molecular weight excluding hydrogens is 194 g/mol. The summed E-state index contributed by atoms with van der Waals surface area (Å²) < 4.78 is 6.80. The lowest BCUT2D eigenvalue weighted by molar-refractivity contribution is 0.239. The van der Waals surface area contributed by atoms with E-state index in [-0.39, 0.29) is 11.2 Å². The van der Waals surface area contributed by atoms with Gasteiger partial charge >= 0.3 is 0 Å². The van der Waals surface area contributed by atoms with Gasteiger partial charge in [-0.25, -0.2) is 0 Å². The molecule has 0 fully saturated rings. The van der Waals surface area contributed by atoms with E-state index in [4.69, 9.17) is 4.74 Å². The zero-order chi connectivity index (χ0) is 11.3. The number of rotatable bonds is 5. The lowest BCUT2D eigenvalue weighted by atomic mass is 10.3. The van der Waals surface area contributed by atoms with Gasteiger partial charge in [0.1, 0.15) is 0 Å². The number of aromatic nitrogens is 1. The molecule has 0 saturated heterocycles. The van der Waals surface area contributed by atoms with Crippen molar-refractivity contribution in [3.05, 3.63) is 41.0 Å². The van der Waals surface area contributed by atoms with Crippen molar-refractivity contribution in [1.82, 2.24) is 4.57 Å². The molecule has 1 aromatic heterocycles. The summed E-state index contributed by atoms with van der Waals surface area (Å²) in [6, 6.07) is 1.36. The third-order valence-corrected chi connectivity index (χ3v) is 2.19. The Labute approximate surface area is 88.4 Å². The molecule has 1 rings (SSSR count). The van der Waals surface area contributed by atoms with Gasteiger partial charge in [0.15, 0.2) is 5.75 Å². The smallest absolute Gasteiger partial charge is 0.223 e. The molecule has 0 unspecified atom stereocenters. The van der Waals surface area contributed by atoms with Crippen LogP contribution in [-0.2, 0) is 11.3 Å². The molecular formula is C11H15NO3. The zero-order valence-electron chi connectivity index (χ0n) is 8.77. The fourth-order valence-corrected chi connectivity index (χ4v) is 1.31. The third-order valence-electron chi connectivity index (χ3n) is 2.19. The monoisotopic (exact) mass is 209 g/mol. The van der Waals surface area contributed by atoms with E-state index in [1.807, 2.05) is 4.57 Å². The number of hydrogen-bond acceptors (Lipinski definition) is 3. The van der Waals surface area contributed by atoms with Gasteiger partial charge in [-0.3, -0.25) is 4.79 Å². The van der Waals surface area contributed by atoms with Crippen molar-refractivity contribution < 1.29 is 9.84 Å². The minimum Gasteiger partial charge on any atom is -0.503 e. The van der Waals surface area contributed by atoms with Gasteiger partial charge in [-0.2, -0.15) is 0 Å². The Kier molecular flexibility index (Phi) is 3.97. The number of aromatic hydroxyl groups is 1. The number of aryl methyl sites for hydroxylation is 1. The van der Waals surface area contributed by atoms with Gasteiger partial charge in [0.05, 0.1) is 18.6 Å². The topological polar surface area (TPSA) is 51.5 Å². The van der Waals surface area contributed by atoms with E-state index in [0.717, 1.165) is 6.42 Å². The minimum atomic E-state index is -0.342. The first-order valence-corrected chi connectivity index (χ1v) is 4.78. The van der Waals surface area contributed by atoms with Crippen LogP contribution in [0.25, 0.3) is 0 Å². The van der Waals surface area contributed by atoms with Gasteiger partial charge in [0.2, 0.25) is 5.43 Å². The van der Waals surface area contributed by atoms with Crippen molar-refractivity contribution in [2.75, 3.05) is 6.61 Å². The van der Waals surface area contributed by atoms with Crippen molar-refractivity contribution in [1.29, 1.82) is 0 Å². The second kappa shape index (κ2) is 5.24. The Bertz CT molecular complexity index is 395. The predicted octanol–water partition coefficient (Wildman–Crippen LogP) is 1.41. The van der Waals surface area contributed by atoms with E-state index in [0.29, 0.717) is 18.8 Å². The SMILES string of the molecule is C=COCCCn1ccc(=O)c(O)c1C. The lowest BCUT2D eigenvalue weighted by Gasteiger charge is -2.10. The molecule has 0 saturated carbocycles. The average Bonchev–Trinajstić information content (AvgIpc) is 2.24. The van der Waals surface area contributed by atoms with Crippen LogP contribution in [0.5, 0.6) is 5.75 Å². The summed E-state index contributed by atoms with van der Waals surface area (Å²) in [7, 11) is 0. The first-order chi connectivity index (χ1) is 7.16. The highest BCUT2D eigenvalue weighted by molar-refractivity contribution is 5.25. The highest BCUT2D eigenvalue weighted by Gasteiger charge is 2.04. The van der Waals surface area contributed by atoms with Crippen LogP contribution in [0.2, 0.25) is 0 Å². The van der Waals surface area contributed by atoms with Gasteiger partial charge in [0, 0.05) is 18.8 Å². The predicted molar refractivity (Wildman–Crippen MR) is 57.9 cm³/mol. The Morgan fingerprint density at radius 2 is 2.40 bits per heavy atom. The van der Waals surface area contributed by atoms with Crippen molar-refractivity contribution >= 4 is 0 Å². The summed E-state index contributed by atoms with van der Waals surface area (Å²) in [5.74, 6) is -0.179. The quantitative estimate of drug-likeness (QED) is 0.589. The van der Waals surface area contributed by atoms with Crippen molar-refractivity contribution in [2.45, 2.75) is 19.9 Å². The Morgan fingerprint density at radius 3 is 3.07 bits per heavy atom. The van der Waals surface area contributed by atoms with Crippen LogP contribution in [0.4, 0.5) is 0 Å². The highest BCUT2D eigenvalue weighted by atomic mass is 16.5. The largest absolute Gasteiger partial charge is 0.503 e. The molecule has 1 N–H and O–H groups in total. The van der Waals surface area contributed by atoms with Crippen LogP contribution < -0.4 is 5.43 Å². The lowest BCUT2D eigenvalue weighted by Crippen LogP contribution is -2.11. The van der Waals surface area contributed by atoms with E-state index in [9.17, 15) is 9.90 Å². The number of hydrogen-bond donors (Lipinski definition) is 1. The van der Waals surface area contributed by atoms with Crippen LogP contribution in [0.15, 0.2) is 29.9 Å². The number of pyridine rings is 1. The molecule has 15 heavy (non-hydrogen) atoms.